The second-order valence-electron chi connectivity index (χ2n) is 5.09. The molecule has 116 valence electrons. The molecule has 0 aromatic heterocycles. The maximum Gasteiger partial charge on any atom is 0.341 e. The summed E-state index contributed by atoms with van der Waals surface area (Å²) < 4.78 is 32.4. The van der Waals surface area contributed by atoms with Crippen molar-refractivity contribution in [3.63, 3.8) is 0 Å². The molecule has 1 aromatic carbocycles. The third-order valence-electron chi connectivity index (χ3n) is 3.48. The quantitative estimate of drug-likeness (QED) is 0.840. The van der Waals surface area contributed by atoms with Crippen LogP contribution in [0.5, 0.6) is 5.75 Å². The molecule has 2 rings (SSSR count). The number of para-hydroxylation sites is 2. The fourth-order valence-electron chi connectivity index (χ4n) is 2.43. The molecule has 2 N–H and O–H groups in total. The summed E-state index contributed by atoms with van der Waals surface area (Å²) in [5.74, 6) is -0.890. The average Bonchev–Trinajstić information content (AvgIpc) is 2.47. The van der Waals surface area contributed by atoms with Crippen molar-refractivity contribution in [1.29, 1.82) is 0 Å². The largest absolute Gasteiger partial charge is 0.480 e. The van der Waals surface area contributed by atoms with Crippen LogP contribution in [0.3, 0.4) is 0 Å². The molecule has 0 amide bonds. The van der Waals surface area contributed by atoms with Crippen molar-refractivity contribution >= 4 is 21.7 Å². The fourth-order valence-corrected chi connectivity index (χ4v) is 4.02. The molecule has 0 unspecified atom stereocenters. The van der Waals surface area contributed by atoms with Gasteiger partial charge >= 0.3 is 5.97 Å². The van der Waals surface area contributed by atoms with Gasteiger partial charge in [-0.25, -0.2) is 13.2 Å². The van der Waals surface area contributed by atoms with Gasteiger partial charge in [-0.15, -0.1) is 0 Å². The Morgan fingerprint density at radius 1 is 1.24 bits per heavy atom. The van der Waals surface area contributed by atoms with Gasteiger partial charge in [0.05, 0.1) is 10.9 Å². The molecule has 0 spiro atoms. The van der Waals surface area contributed by atoms with E-state index < -0.39 is 27.8 Å². The Balaban J connectivity index is 2.12. The van der Waals surface area contributed by atoms with Crippen molar-refractivity contribution in [2.45, 2.75) is 37.4 Å². The first kappa shape index (κ1) is 15.6. The Morgan fingerprint density at radius 2 is 1.90 bits per heavy atom. The number of carbonyl (C=O) groups is 1. The number of ether oxygens (including phenoxy) is 1. The van der Waals surface area contributed by atoms with Crippen LogP contribution in [0.2, 0.25) is 0 Å². The first-order valence-corrected chi connectivity index (χ1v) is 8.49. The van der Waals surface area contributed by atoms with E-state index in [4.69, 9.17) is 9.84 Å². The number of benzene rings is 1. The van der Waals surface area contributed by atoms with Gasteiger partial charge in [0.25, 0.3) is 0 Å². The molecule has 0 saturated heterocycles. The van der Waals surface area contributed by atoms with Crippen LogP contribution in [0.1, 0.15) is 32.1 Å². The van der Waals surface area contributed by atoms with E-state index in [0.717, 1.165) is 19.3 Å². The predicted molar refractivity (Wildman–Crippen MR) is 79.0 cm³/mol. The first-order chi connectivity index (χ1) is 9.99. The minimum Gasteiger partial charge on any atom is -0.480 e. The van der Waals surface area contributed by atoms with Gasteiger partial charge in [0.2, 0.25) is 10.0 Å². The Bertz CT molecular complexity index is 593. The van der Waals surface area contributed by atoms with Crippen molar-refractivity contribution in [2.75, 3.05) is 11.3 Å². The predicted octanol–water partition coefficient (Wildman–Crippen LogP) is 2.22. The molecule has 1 fully saturated rings. The minimum absolute atomic E-state index is 0.222. The van der Waals surface area contributed by atoms with Gasteiger partial charge in [-0.05, 0) is 25.0 Å². The highest BCUT2D eigenvalue weighted by molar-refractivity contribution is 7.93. The van der Waals surface area contributed by atoms with Crippen LogP contribution in [0.25, 0.3) is 0 Å². The van der Waals surface area contributed by atoms with Crippen molar-refractivity contribution in [3.8, 4) is 5.75 Å². The monoisotopic (exact) mass is 313 g/mol. The molecular formula is C14H19NO5S. The van der Waals surface area contributed by atoms with Crippen LogP contribution in [0.4, 0.5) is 5.69 Å². The molecule has 0 aliphatic heterocycles. The minimum atomic E-state index is -3.47. The summed E-state index contributed by atoms with van der Waals surface area (Å²) in [6.45, 7) is -0.512. The van der Waals surface area contributed by atoms with Crippen molar-refractivity contribution in [2.24, 2.45) is 0 Å². The Hall–Kier alpha value is -1.76. The topological polar surface area (TPSA) is 92.7 Å². The molecule has 0 atom stereocenters. The van der Waals surface area contributed by atoms with Gasteiger partial charge in [-0.2, -0.15) is 0 Å². The number of hydrogen-bond acceptors (Lipinski definition) is 4. The third-order valence-corrected chi connectivity index (χ3v) is 5.33. The number of aliphatic carboxylic acids is 1. The second kappa shape index (κ2) is 6.80. The van der Waals surface area contributed by atoms with Crippen LogP contribution < -0.4 is 9.46 Å². The smallest absolute Gasteiger partial charge is 0.341 e. The van der Waals surface area contributed by atoms with Gasteiger partial charge in [0.15, 0.2) is 6.61 Å². The lowest BCUT2D eigenvalue weighted by molar-refractivity contribution is -0.139. The number of carboxylic acids is 1. The molecule has 1 aliphatic carbocycles. The molecule has 0 bridgehead atoms. The van der Waals surface area contributed by atoms with E-state index in [-0.39, 0.29) is 11.4 Å². The molecule has 1 saturated carbocycles. The number of nitrogens with one attached hydrogen (secondary N) is 1. The lowest BCUT2D eigenvalue weighted by Gasteiger charge is -2.23. The summed E-state index contributed by atoms with van der Waals surface area (Å²) in [5, 5.41) is 8.25. The summed E-state index contributed by atoms with van der Waals surface area (Å²) in [6, 6.07) is 6.45. The Morgan fingerprint density at radius 3 is 2.57 bits per heavy atom. The van der Waals surface area contributed by atoms with Crippen LogP contribution in [-0.2, 0) is 14.8 Å². The highest BCUT2D eigenvalue weighted by Gasteiger charge is 2.27. The van der Waals surface area contributed by atoms with E-state index in [1.165, 1.54) is 0 Å². The van der Waals surface area contributed by atoms with Crippen molar-refractivity contribution in [3.05, 3.63) is 24.3 Å². The van der Waals surface area contributed by atoms with E-state index in [0.29, 0.717) is 12.8 Å². The number of anilines is 1. The SMILES string of the molecule is O=C(O)COc1ccccc1NS(=O)(=O)C1CCCCC1. The summed E-state index contributed by atoms with van der Waals surface area (Å²) in [6.07, 6.45) is 4.23. The van der Waals surface area contributed by atoms with Crippen LogP contribution in [-0.4, -0.2) is 31.4 Å². The van der Waals surface area contributed by atoms with Gasteiger partial charge in [-0.3, -0.25) is 4.72 Å². The highest BCUT2D eigenvalue weighted by atomic mass is 32.2. The lowest BCUT2D eigenvalue weighted by Crippen LogP contribution is -2.30. The van der Waals surface area contributed by atoms with Gasteiger partial charge in [0.1, 0.15) is 5.75 Å². The van der Waals surface area contributed by atoms with Crippen LogP contribution >= 0.6 is 0 Å². The van der Waals surface area contributed by atoms with Crippen molar-refractivity contribution in [1.82, 2.24) is 0 Å². The van der Waals surface area contributed by atoms with Crippen LogP contribution in [0.15, 0.2) is 24.3 Å². The first-order valence-electron chi connectivity index (χ1n) is 6.94. The maximum atomic E-state index is 12.4. The molecular weight excluding hydrogens is 294 g/mol. The number of hydrogen-bond donors (Lipinski definition) is 2. The molecule has 21 heavy (non-hydrogen) atoms. The lowest BCUT2D eigenvalue weighted by atomic mass is 10.0. The van der Waals surface area contributed by atoms with E-state index >= 15 is 0 Å². The molecule has 1 aromatic rings. The zero-order chi connectivity index (χ0) is 15.3. The zero-order valence-corrected chi connectivity index (χ0v) is 12.4. The molecule has 0 radical (unpaired) electrons. The van der Waals surface area contributed by atoms with E-state index in [1.54, 1.807) is 24.3 Å². The highest BCUT2D eigenvalue weighted by Crippen LogP contribution is 2.29. The van der Waals surface area contributed by atoms with E-state index in [9.17, 15) is 13.2 Å². The van der Waals surface area contributed by atoms with Crippen molar-refractivity contribution < 1.29 is 23.1 Å². The van der Waals surface area contributed by atoms with E-state index in [1.807, 2.05) is 0 Å². The normalized spacial score (nSPS) is 16.4. The molecule has 7 heteroatoms. The van der Waals surface area contributed by atoms with Gasteiger partial charge in [0, 0.05) is 0 Å². The molecule has 0 heterocycles. The summed E-state index contributed by atoms with van der Waals surface area (Å²) in [4.78, 5) is 10.6. The van der Waals surface area contributed by atoms with Gasteiger partial charge < -0.3 is 9.84 Å². The number of sulfonamides is 1. The number of carboxylic acid groups (broad SMARTS) is 1. The Kier molecular flexibility index (Phi) is 5.06. The summed E-state index contributed by atoms with van der Waals surface area (Å²) >= 11 is 0. The maximum absolute atomic E-state index is 12.4. The standard InChI is InChI=1S/C14H19NO5S/c16-14(17)10-20-13-9-5-4-8-12(13)15-21(18,19)11-6-2-1-3-7-11/h4-5,8-9,11,15H,1-3,6-7,10H2,(H,16,17). The molecule has 1 aliphatic rings. The second-order valence-corrected chi connectivity index (χ2v) is 7.05. The molecule has 6 nitrogen and oxygen atoms in total. The van der Waals surface area contributed by atoms with Crippen LogP contribution in [0, 0.1) is 0 Å². The fraction of sp³-hybridized carbons (Fsp3) is 0.500. The van der Waals surface area contributed by atoms with Gasteiger partial charge in [-0.1, -0.05) is 31.4 Å². The zero-order valence-electron chi connectivity index (χ0n) is 11.6. The number of rotatable bonds is 6. The van der Waals surface area contributed by atoms with E-state index in [2.05, 4.69) is 4.72 Å². The summed E-state index contributed by atoms with van der Waals surface area (Å²) in [7, 11) is -3.47. The summed E-state index contributed by atoms with van der Waals surface area (Å²) in [5.41, 5.74) is 0.282. The average molecular weight is 313 g/mol. The third kappa shape index (κ3) is 4.35. The Labute approximate surface area is 124 Å².